The van der Waals surface area contributed by atoms with E-state index >= 15 is 0 Å². The molecule has 2 aromatic carbocycles. The summed E-state index contributed by atoms with van der Waals surface area (Å²) in [5.41, 5.74) is 5.50. The van der Waals surface area contributed by atoms with Gasteiger partial charge in [-0.25, -0.2) is 4.79 Å². The standard InChI is InChI=1S/C30H37NO2/c1-3-5-7-9-24-11-17-27(18-12-24)30(32)33-29-21-15-25(16-22-29)13-19-28-20-14-26(23-31-28)10-8-6-4-2/h11-12,14-18,20-23H,3-10,13,19H2,1-2H3. The van der Waals surface area contributed by atoms with Crippen molar-refractivity contribution in [2.45, 2.75) is 78.1 Å². The van der Waals surface area contributed by atoms with Gasteiger partial charge >= 0.3 is 5.97 Å². The molecule has 0 radical (unpaired) electrons. The molecule has 0 N–H and O–H groups in total. The Hall–Kier alpha value is -2.94. The monoisotopic (exact) mass is 443 g/mol. The van der Waals surface area contributed by atoms with Crippen LogP contribution >= 0.6 is 0 Å². The fraction of sp³-hybridized carbons (Fsp3) is 0.400. The Balaban J connectivity index is 1.45. The summed E-state index contributed by atoms with van der Waals surface area (Å²) in [6, 6.07) is 19.9. The second-order valence-corrected chi connectivity index (χ2v) is 8.80. The molecule has 0 saturated carbocycles. The summed E-state index contributed by atoms with van der Waals surface area (Å²) in [5, 5.41) is 0. The lowest BCUT2D eigenvalue weighted by atomic mass is 10.1. The van der Waals surface area contributed by atoms with Crippen LogP contribution in [-0.2, 0) is 25.7 Å². The molecule has 0 aliphatic heterocycles. The third-order valence-corrected chi connectivity index (χ3v) is 6.02. The van der Waals surface area contributed by atoms with Crippen LogP contribution in [0.15, 0.2) is 66.9 Å². The van der Waals surface area contributed by atoms with Crippen LogP contribution in [0.2, 0.25) is 0 Å². The van der Waals surface area contributed by atoms with Crippen LogP contribution in [0.4, 0.5) is 0 Å². The smallest absolute Gasteiger partial charge is 0.343 e. The Morgan fingerprint density at radius 3 is 1.85 bits per heavy atom. The van der Waals surface area contributed by atoms with E-state index in [2.05, 4.69) is 31.0 Å². The van der Waals surface area contributed by atoms with Crippen LogP contribution in [0.1, 0.15) is 85.1 Å². The van der Waals surface area contributed by atoms with Crippen molar-refractivity contribution in [3.8, 4) is 5.75 Å². The normalized spacial score (nSPS) is 10.8. The van der Waals surface area contributed by atoms with Crippen molar-refractivity contribution in [2.24, 2.45) is 0 Å². The molecule has 0 amide bonds. The van der Waals surface area contributed by atoms with Gasteiger partial charge in [-0.2, -0.15) is 0 Å². The fourth-order valence-corrected chi connectivity index (χ4v) is 3.88. The number of esters is 1. The number of benzene rings is 2. The molecule has 0 bridgehead atoms. The van der Waals surface area contributed by atoms with Crippen molar-refractivity contribution in [2.75, 3.05) is 0 Å². The maximum Gasteiger partial charge on any atom is 0.343 e. The molecule has 0 aliphatic carbocycles. The Morgan fingerprint density at radius 1 is 0.667 bits per heavy atom. The largest absolute Gasteiger partial charge is 0.423 e. The van der Waals surface area contributed by atoms with Crippen molar-refractivity contribution in [3.05, 3.63) is 94.8 Å². The second kappa shape index (κ2) is 13.6. The Bertz CT molecular complexity index is 960. The van der Waals surface area contributed by atoms with Gasteiger partial charge in [0.25, 0.3) is 0 Å². The molecule has 1 heterocycles. The van der Waals surface area contributed by atoms with E-state index in [9.17, 15) is 4.79 Å². The molecule has 0 spiro atoms. The number of aryl methyl sites for hydroxylation is 4. The van der Waals surface area contributed by atoms with Crippen molar-refractivity contribution in [3.63, 3.8) is 0 Å². The summed E-state index contributed by atoms with van der Waals surface area (Å²) in [4.78, 5) is 17.1. The van der Waals surface area contributed by atoms with Gasteiger partial charge in [0.15, 0.2) is 0 Å². The van der Waals surface area contributed by atoms with E-state index in [4.69, 9.17) is 4.74 Å². The van der Waals surface area contributed by atoms with E-state index in [0.717, 1.165) is 31.4 Å². The van der Waals surface area contributed by atoms with Gasteiger partial charge in [-0.05, 0) is 85.5 Å². The van der Waals surface area contributed by atoms with Gasteiger partial charge in [0.2, 0.25) is 0 Å². The molecular weight excluding hydrogens is 406 g/mol. The van der Waals surface area contributed by atoms with Gasteiger partial charge < -0.3 is 4.74 Å². The molecule has 3 rings (SSSR count). The van der Waals surface area contributed by atoms with Gasteiger partial charge in [-0.3, -0.25) is 4.98 Å². The molecule has 0 atom stereocenters. The molecule has 0 fully saturated rings. The lowest BCUT2D eigenvalue weighted by molar-refractivity contribution is 0.0734. The highest BCUT2D eigenvalue weighted by atomic mass is 16.5. The molecule has 0 aliphatic rings. The van der Waals surface area contributed by atoms with E-state index < -0.39 is 0 Å². The highest BCUT2D eigenvalue weighted by Crippen LogP contribution is 2.17. The predicted octanol–water partition coefficient (Wildman–Crippen LogP) is 7.55. The van der Waals surface area contributed by atoms with E-state index in [1.165, 1.54) is 55.2 Å². The van der Waals surface area contributed by atoms with Crippen LogP contribution < -0.4 is 4.74 Å². The first-order valence-corrected chi connectivity index (χ1v) is 12.5. The summed E-state index contributed by atoms with van der Waals surface area (Å²) < 4.78 is 5.56. The van der Waals surface area contributed by atoms with Crippen LogP contribution in [-0.4, -0.2) is 11.0 Å². The summed E-state index contributed by atoms with van der Waals surface area (Å²) >= 11 is 0. The molecule has 1 aromatic heterocycles. The van der Waals surface area contributed by atoms with Gasteiger partial charge in [0, 0.05) is 11.9 Å². The second-order valence-electron chi connectivity index (χ2n) is 8.80. The number of ether oxygens (including phenoxy) is 1. The number of nitrogens with zero attached hydrogens (tertiary/aromatic N) is 1. The fourth-order valence-electron chi connectivity index (χ4n) is 3.88. The van der Waals surface area contributed by atoms with Gasteiger partial charge in [-0.1, -0.05) is 69.9 Å². The summed E-state index contributed by atoms with van der Waals surface area (Å²) in [6.45, 7) is 4.43. The van der Waals surface area contributed by atoms with E-state index in [0.29, 0.717) is 11.3 Å². The molecule has 0 saturated heterocycles. The van der Waals surface area contributed by atoms with Crippen molar-refractivity contribution in [1.29, 1.82) is 0 Å². The van der Waals surface area contributed by atoms with Gasteiger partial charge in [0.05, 0.1) is 5.56 Å². The number of pyridine rings is 1. The van der Waals surface area contributed by atoms with Crippen molar-refractivity contribution >= 4 is 5.97 Å². The average Bonchev–Trinajstić information content (AvgIpc) is 2.85. The van der Waals surface area contributed by atoms with Crippen LogP contribution in [0.3, 0.4) is 0 Å². The quantitative estimate of drug-likeness (QED) is 0.155. The zero-order valence-electron chi connectivity index (χ0n) is 20.2. The molecule has 3 aromatic rings. The molecule has 0 unspecified atom stereocenters. The minimum absolute atomic E-state index is 0.314. The third kappa shape index (κ3) is 8.49. The Kier molecular flexibility index (Phi) is 10.2. The highest BCUT2D eigenvalue weighted by molar-refractivity contribution is 5.91. The lowest BCUT2D eigenvalue weighted by Gasteiger charge is -2.07. The number of hydrogen-bond acceptors (Lipinski definition) is 3. The summed E-state index contributed by atoms with van der Waals surface area (Å²) in [6.07, 6.45) is 13.4. The SMILES string of the molecule is CCCCCc1ccc(C(=O)Oc2ccc(CCc3ccc(CCCCC)cn3)cc2)cc1. The Morgan fingerprint density at radius 2 is 1.24 bits per heavy atom. The predicted molar refractivity (Wildman–Crippen MR) is 136 cm³/mol. The minimum Gasteiger partial charge on any atom is -0.423 e. The van der Waals surface area contributed by atoms with E-state index in [1.807, 2.05) is 54.7 Å². The van der Waals surface area contributed by atoms with Crippen LogP contribution in [0, 0.1) is 0 Å². The summed E-state index contributed by atoms with van der Waals surface area (Å²) in [5.74, 6) is 0.261. The molecule has 3 heteroatoms. The number of unbranched alkanes of at least 4 members (excludes halogenated alkanes) is 4. The molecule has 174 valence electrons. The lowest BCUT2D eigenvalue weighted by Crippen LogP contribution is -2.08. The summed E-state index contributed by atoms with van der Waals surface area (Å²) in [7, 11) is 0. The average molecular weight is 444 g/mol. The first-order chi connectivity index (χ1) is 16.2. The maximum atomic E-state index is 12.5. The van der Waals surface area contributed by atoms with Crippen molar-refractivity contribution < 1.29 is 9.53 Å². The number of hydrogen-bond donors (Lipinski definition) is 0. The van der Waals surface area contributed by atoms with Gasteiger partial charge in [0.1, 0.15) is 5.75 Å². The number of aromatic nitrogens is 1. The maximum absolute atomic E-state index is 12.5. The molecular formula is C30H37NO2. The van der Waals surface area contributed by atoms with Crippen LogP contribution in [0.25, 0.3) is 0 Å². The first kappa shape index (κ1) is 24.7. The molecule has 33 heavy (non-hydrogen) atoms. The topological polar surface area (TPSA) is 39.2 Å². The Labute approximate surface area is 199 Å². The van der Waals surface area contributed by atoms with Crippen LogP contribution in [0.5, 0.6) is 5.75 Å². The minimum atomic E-state index is -0.314. The van der Waals surface area contributed by atoms with Gasteiger partial charge in [-0.15, -0.1) is 0 Å². The third-order valence-electron chi connectivity index (χ3n) is 6.02. The zero-order chi connectivity index (χ0) is 23.3. The first-order valence-electron chi connectivity index (χ1n) is 12.5. The number of carbonyl (C=O) groups excluding carboxylic acids is 1. The van der Waals surface area contributed by atoms with Crippen molar-refractivity contribution in [1.82, 2.24) is 4.98 Å². The zero-order valence-corrected chi connectivity index (χ0v) is 20.2. The number of rotatable bonds is 13. The van der Waals surface area contributed by atoms with E-state index in [-0.39, 0.29) is 5.97 Å². The van der Waals surface area contributed by atoms with E-state index in [1.54, 1.807) is 0 Å². The molecule has 3 nitrogen and oxygen atoms in total. The number of carbonyl (C=O) groups is 1. The highest BCUT2D eigenvalue weighted by Gasteiger charge is 2.09.